The number of nitrogens with zero attached hydrogens (tertiary/aromatic N) is 2. The highest BCUT2D eigenvalue weighted by molar-refractivity contribution is 5.30. The van der Waals surface area contributed by atoms with Gasteiger partial charge in [-0.25, -0.2) is 0 Å². The smallest absolute Gasteiger partial charge is 0.0405 e. The van der Waals surface area contributed by atoms with Gasteiger partial charge in [0.2, 0.25) is 0 Å². The molecule has 0 N–H and O–H groups in total. The van der Waals surface area contributed by atoms with Crippen molar-refractivity contribution in [1.82, 2.24) is 9.88 Å². The summed E-state index contributed by atoms with van der Waals surface area (Å²) in [5, 5.41) is 0. The van der Waals surface area contributed by atoms with Crippen LogP contribution in [-0.2, 0) is 0 Å². The maximum absolute atomic E-state index is 4.38. The lowest BCUT2D eigenvalue weighted by molar-refractivity contribution is 0.146. The van der Waals surface area contributed by atoms with Gasteiger partial charge in [-0.15, -0.1) is 0 Å². The summed E-state index contributed by atoms with van der Waals surface area (Å²) in [7, 11) is 2.29. The van der Waals surface area contributed by atoms with Crippen molar-refractivity contribution in [3.8, 4) is 0 Å². The van der Waals surface area contributed by atoms with Crippen LogP contribution >= 0.6 is 0 Å². The molecule has 0 aliphatic heterocycles. The van der Waals surface area contributed by atoms with Gasteiger partial charge in [-0.3, -0.25) is 9.88 Å². The maximum Gasteiger partial charge on any atom is 0.0405 e. The zero-order valence-electron chi connectivity index (χ0n) is 12.2. The predicted octanol–water partition coefficient (Wildman–Crippen LogP) is 4.02. The fraction of sp³-hybridized carbons (Fsp3) is 0.688. The Labute approximate surface area is 111 Å². The number of aryl methyl sites for hydroxylation is 1. The highest BCUT2D eigenvalue weighted by Gasteiger charge is 2.23. The molecule has 0 spiro atoms. The minimum atomic E-state index is 0.495. The van der Waals surface area contributed by atoms with Gasteiger partial charge >= 0.3 is 0 Å². The Morgan fingerprint density at radius 1 is 1.22 bits per heavy atom. The van der Waals surface area contributed by atoms with E-state index in [1.165, 1.54) is 43.2 Å². The number of hydrogen-bond donors (Lipinski definition) is 0. The monoisotopic (exact) mass is 246 g/mol. The molecule has 1 aliphatic carbocycles. The average molecular weight is 246 g/mol. The van der Waals surface area contributed by atoms with Crippen molar-refractivity contribution in [2.45, 2.75) is 65.0 Å². The topological polar surface area (TPSA) is 16.1 Å². The summed E-state index contributed by atoms with van der Waals surface area (Å²) in [6.07, 6.45) is 8.90. The Kier molecular flexibility index (Phi) is 4.39. The molecule has 0 saturated heterocycles. The van der Waals surface area contributed by atoms with Crippen LogP contribution in [0.3, 0.4) is 0 Å². The molecule has 0 amide bonds. The molecular formula is C16H26N2. The molecule has 1 aromatic rings. The van der Waals surface area contributed by atoms with E-state index in [-0.39, 0.29) is 0 Å². The van der Waals surface area contributed by atoms with Gasteiger partial charge in [-0.05, 0) is 57.9 Å². The molecule has 1 heterocycles. The van der Waals surface area contributed by atoms with Gasteiger partial charge < -0.3 is 0 Å². The molecule has 2 rings (SSSR count). The minimum absolute atomic E-state index is 0.495. The number of pyridine rings is 1. The molecule has 1 aliphatic rings. The molecule has 18 heavy (non-hydrogen) atoms. The summed E-state index contributed by atoms with van der Waals surface area (Å²) >= 11 is 0. The standard InChI is InChI=1S/C16H26N2/c1-12-13(2)17-11-10-16(12)14(3)18(4)15-8-6-5-7-9-15/h10-11,14-15H,5-9H2,1-4H3. The Bertz CT molecular complexity index is 394. The van der Waals surface area contributed by atoms with Crippen molar-refractivity contribution in [2.24, 2.45) is 0 Å². The van der Waals surface area contributed by atoms with Crippen molar-refractivity contribution < 1.29 is 0 Å². The van der Waals surface area contributed by atoms with Crippen molar-refractivity contribution in [2.75, 3.05) is 7.05 Å². The normalized spacial score (nSPS) is 19.2. The third-order valence-corrected chi connectivity index (χ3v) is 4.71. The van der Waals surface area contributed by atoms with Crippen LogP contribution in [0.1, 0.15) is 61.9 Å². The second-order valence-corrected chi connectivity index (χ2v) is 5.74. The van der Waals surface area contributed by atoms with E-state index in [1.54, 1.807) is 0 Å². The molecule has 100 valence electrons. The lowest BCUT2D eigenvalue weighted by atomic mass is 9.92. The molecule has 2 nitrogen and oxygen atoms in total. The lowest BCUT2D eigenvalue weighted by Crippen LogP contribution is -2.35. The van der Waals surface area contributed by atoms with E-state index in [2.05, 4.69) is 43.8 Å². The number of rotatable bonds is 3. The Hall–Kier alpha value is -0.890. The molecule has 0 aromatic carbocycles. The van der Waals surface area contributed by atoms with E-state index >= 15 is 0 Å². The first-order valence-corrected chi connectivity index (χ1v) is 7.25. The molecule has 1 aromatic heterocycles. The Morgan fingerprint density at radius 2 is 1.89 bits per heavy atom. The van der Waals surface area contributed by atoms with E-state index in [9.17, 15) is 0 Å². The zero-order chi connectivity index (χ0) is 13.1. The van der Waals surface area contributed by atoms with E-state index in [0.717, 1.165) is 11.7 Å². The van der Waals surface area contributed by atoms with Gasteiger partial charge in [0.1, 0.15) is 0 Å². The van der Waals surface area contributed by atoms with Crippen molar-refractivity contribution in [3.63, 3.8) is 0 Å². The van der Waals surface area contributed by atoms with Crippen LogP contribution < -0.4 is 0 Å². The summed E-state index contributed by atoms with van der Waals surface area (Å²) in [5.41, 5.74) is 3.96. The molecule has 1 atom stereocenters. The highest BCUT2D eigenvalue weighted by atomic mass is 15.2. The van der Waals surface area contributed by atoms with Crippen molar-refractivity contribution in [1.29, 1.82) is 0 Å². The fourth-order valence-electron chi connectivity index (χ4n) is 3.14. The summed E-state index contributed by atoms with van der Waals surface area (Å²) in [4.78, 5) is 6.95. The van der Waals surface area contributed by atoms with Crippen LogP contribution in [0.2, 0.25) is 0 Å². The van der Waals surface area contributed by atoms with E-state index < -0.39 is 0 Å². The SMILES string of the molecule is Cc1nccc(C(C)N(C)C2CCCCC2)c1C. The number of hydrogen-bond acceptors (Lipinski definition) is 2. The number of aromatic nitrogens is 1. The first kappa shape index (κ1) is 13.5. The predicted molar refractivity (Wildman–Crippen MR) is 76.8 cm³/mol. The summed E-state index contributed by atoms with van der Waals surface area (Å²) in [6.45, 7) is 6.63. The van der Waals surface area contributed by atoms with E-state index in [0.29, 0.717) is 6.04 Å². The first-order chi connectivity index (χ1) is 8.61. The molecule has 2 heteroatoms. The summed E-state index contributed by atoms with van der Waals surface area (Å²) < 4.78 is 0. The zero-order valence-corrected chi connectivity index (χ0v) is 12.2. The largest absolute Gasteiger partial charge is 0.297 e. The average Bonchev–Trinajstić information content (AvgIpc) is 2.41. The molecule has 1 unspecified atom stereocenters. The molecule has 1 fully saturated rings. The van der Waals surface area contributed by atoms with Crippen molar-refractivity contribution >= 4 is 0 Å². The summed E-state index contributed by atoms with van der Waals surface area (Å²) in [6, 6.07) is 3.45. The quantitative estimate of drug-likeness (QED) is 0.800. The molecule has 1 saturated carbocycles. The Balaban J connectivity index is 2.14. The summed E-state index contributed by atoms with van der Waals surface area (Å²) in [5.74, 6) is 0. The fourth-order valence-corrected chi connectivity index (χ4v) is 3.14. The third kappa shape index (κ3) is 2.74. The third-order valence-electron chi connectivity index (χ3n) is 4.71. The van der Waals surface area contributed by atoms with Crippen LogP contribution in [0.5, 0.6) is 0 Å². The van der Waals surface area contributed by atoms with Gasteiger partial charge in [0.15, 0.2) is 0 Å². The van der Waals surface area contributed by atoms with Crippen molar-refractivity contribution in [3.05, 3.63) is 29.1 Å². The van der Waals surface area contributed by atoms with Gasteiger partial charge in [0.05, 0.1) is 0 Å². The molecular weight excluding hydrogens is 220 g/mol. The van der Waals surface area contributed by atoms with Crippen LogP contribution in [0.15, 0.2) is 12.3 Å². The first-order valence-electron chi connectivity index (χ1n) is 7.25. The lowest BCUT2D eigenvalue weighted by Gasteiger charge is -2.36. The molecule has 0 radical (unpaired) electrons. The highest BCUT2D eigenvalue weighted by Crippen LogP contribution is 2.30. The van der Waals surface area contributed by atoms with E-state index in [4.69, 9.17) is 0 Å². The van der Waals surface area contributed by atoms with Gasteiger partial charge in [0.25, 0.3) is 0 Å². The minimum Gasteiger partial charge on any atom is -0.297 e. The van der Waals surface area contributed by atoms with E-state index in [1.807, 2.05) is 6.20 Å². The van der Waals surface area contributed by atoms with Gasteiger partial charge in [-0.1, -0.05) is 19.3 Å². The Morgan fingerprint density at radius 3 is 2.56 bits per heavy atom. The molecule has 0 bridgehead atoms. The van der Waals surface area contributed by atoms with Crippen LogP contribution in [0.4, 0.5) is 0 Å². The second-order valence-electron chi connectivity index (χ2n) is 5.74. The van der Waals surface area contributed by atoms with Gasteiger partial charge in [0, 0.05) is 24.0 Å². The van der Waals surface area contributed by atoms with Crippen LogP contribution in [-0.4, -0.2) is 23.0 Å². The van der Waals surface area contributed by atoms with Crippen LogP contribution in [0, 0.1) is 13.8 Å². The second kappa shape index (κ2) is 5.83. The van der Waals surface area contributed by atoms with Crippen LogP contribution in [0.25, 0.3) is 0 Å². The van der Waals surface area contributed by atoms with Gasteiger partial charge in [-0.2, -0.15) is 0 Å². The maximum atomic E-state index is 4.38.